The number of esters is 1. The summed E-state index contributed by atoms with van der Waals surface area (Å²) in [6, 6.07) is 0. The van der Waals surface area contributed by atoms with Gasteiger partial charge in [-0.05, 0) is 39.5 Å². The fourth-order valence-corrected chi connectivity index (χ4v) is 3.73. The Kier molecular flexibility index (Phi) is 6.09. The molecule has 0 aliphatic carbocycles. The van der Waals surface area contributed by atoms with Gasteiger partial charge >= 0.3 is 12.1 Å². The zero-order valence-corrected chi connectivity index (χ0v) is 14.5. The van der Waals surface area contributed by atoms with Gasteiger partial charge in [0.15, 0.2) is 0 Å². The van der Waals surface area contributed by atoms with Crippen LogP contribution in [-0.2, 0) is 18.6 Å². The van der Waals surface area contributed by atoms with Gasteiger partial charge in [0.2, 0.25) is 9.05 Å². The standard InChI is InChI=1S/C13H22ClNO6S/c1-13(2,3)21-11(16)10(8-22(14,19)20)9-4-6-15(7-5-9)12(17)18/h9-10H,4-8H2,1-3H3,(H,17,18). The average molecular weight is 356 g/mol. The van der Waals surface area contributed by atoms with E-state index >= 15 is 0 Å². The first-order chi connectivity index (χ1) is 9.89. The highest BCUT2D eigenvalue weighted by Crippen LogP contribution is 2.29. The molecule has 0 bridgehead atoms. The number of ether oxygens (including phenoxy) is 1. The SMILES string of the molecule is CC(C)(C)OC(=O)C(CS(=O)(=O)Cl)C1CCN(C(=O)O)CC1. The molecule has 1 atom stereocenters. The fourth-order valence-electron chi connectivity index (χ4n) is 2.48. The van der Waals surface area contributed by atoms with E-state index in [1.807, 2.05) is 0 Å². The van der Waals surface area contributed by atoms with Crippen LogP contribution in [0.3, 0.4) is 0 Å². The minimum atomic E-state index is -3.86. The maximum Gasteiger partial charge on any atom is 0.407 e. The Bertz CT molecular complexity index is 519. The molecule has 128 valence electrons. The van der Waals surface area contributed by atoms with Gasteiger partial charge in [-0.1, -0.05) is 0 Å². The summed E-state index contributed by atoms with van der Waals surface area (Å²) in [4.78, 5) is 24.4. The van der Waals surface area contributed by atoms with Crippen molar-refractivity contribution < 1.29 is 27.9 Å². The predicted molar refractivity (Wildman–Crippen MR) is 81.3 cm³/mol. The van der Waals surface area contributed by atoms with Crippen molar-refractivity contribution in [3.8, 4) is 0 Å². The maximum atomic E-state index is 12.3. The highest BCUT2D eigenvalue weighted by Gasteiger charge is 2.37. The molecule has 0 radical (unpaired) electrons. The number of carbonyl (C=O) groups excluding carboxylic acids is 1. The summed E-state index contributed by atoms with van der Waals surface area (Å²) in [6.07, 6.45) is -0.206. The van der Waals surface area contributed by atoms with Gasteiger partial charge in [0.05, 0.1) is 11.7 Å². The molecule has 1 aliphatic heterocycles. The number of nitrogens with zero attached hydrogens (tertiary/aromatic N) is 1. The first-order valence-electron chi connectivity index (χ1n) is 7.02. The van der Waals surface area contributed by atoms with Crippen molar-refractivity contribution in [2.24, 2.45) is 11.8 Å². The largest absolute Gasteiger partial charge is 0.465 e. The molecule has 9 heteroatoms. The third-order valence-electron chi connectivity index (χ3n) is 3.47. The van der Waals surface area contributed by atoms with Crippen molar-refractivity contribution in [2.45, 2.75) is 39.2 Å². The molecule has 0 aromatic heterocycles. The van der Waals surface area contributed by atoms with E-state index in [9.17, 15) is 18.0 Å². The average Bonchev–Trinajstić information content (AvgIpc) is 2.33. The fraction of sp³-hybridized carbons (Fsp3) is 0.846. The van der Waals surface area contributed by atoms with E-state index in [1.165, 1.54) is 4.90 Å². The Morgan fingerprint density at radius 3 is 2.18 bits per heavy atom. The molecular weight excluding hydrogens is 334 g/mol. The Morgan fingerprint density at radius 2 is 1.82 bits per heavy atom. The van der Waals surface area contributed by atoms with Crippen LogP contribution >= 0.6 is 10.7 Å². The van der Waals surface area contributed by atoms with Crippen LogP contribution in [0.2, 0.25) is 0 Å². The number of likely N-dealkylation sites (tertiary alicyclic amines) is 1. The molecule has 1 amide bonds. The van der Waals surface area contributed by atoms with E-state index in [2.05, 4.69) is 0 Å². The second-order valence-electron chi connectivity index (χ2n) is 6.45. The van der Waals surface area contributed by atoms with Crippen LogP contribution in [0.4, 0.5) is 4.79 Å². The Balaban J connectivity index is 2.83. The Labute approximate surface area is 135 Å². The smallest absolute Gasteiger partial charge is 0.407 e. The zero-order chi connectivity index (χ0) is 17.1. The lowest BCUT2D eigenvalue weighted by molar-refractivity contribution is -0.161. The van der Waals surface area contributed by atoms with E-state index < -0.39 is 38.4 Å². The summed E-state index contributed by atoms with van der Waals surface area (Å²) >= 11 is 0. The van der Waals surface area contributed by atoms with Crippen LogP contribution < -0.4 is 0 Å². The number of piperidine rings is 1. The molecule has 0 saturated carbocycles. The van der Waals surface area contributed by atoms with Gasteiger partial charge in [-0.25, -0.2) is 13.2 Å². The number of hydrogen-bond acceptors (Lipinski definition) is 5. The quantitative estimate of drug-likeness (QED) is 0.610. The van der Waals surface area contributed by atoms with Crippen LogP contribution in [0, 0.1) is 11.8 Å². The second-order valence-corrected chi connectivity index (χ2v) is 9.27. The Morgan fingerprint density at radius 1 is 1.32 bits per heavy atom. The Hall–Kier alpha value is -1.02. The van der Waals surface area contributed by atoms with Crippen molar-refractivity contribution in [2.75, 3.05) is 18.8 Å². The summed E-state index contributed by atoms with van der Waals surface area (Å²) in [5.74, 6) is -2.25. The molecule has 1 N–H and O–H groups in total. The molecule has 1 saturated heterocycles. The second kappa shape index (κ2) is 7.04. The molecule has 1 aliphatic rings. The number of amides is 1. The molecule has 1 unspecified atom stereocenters. The molecule has 0 spiro atoms. The van der Waals surface area contributed by atoms with Crippen LogP contribution in [0.1, 0.15) is 33.6 Å². The normalized spacial score (nSPS) is 18.8. The van der Waals surface area contributed by atoms with Gasteiger partial charge in [-0.3, -0.25) is 4.79 Å². The van der Waals surface area contributed by atoms with Crippen LogP contribution in [0.25, 0.3) is 0 Å². The van der Waals surface area contributed by atoms with Crippen molar-refractivity contribution in [3.05, 3.63) is 0 Å². The molecule has 22 heavy (non-hydrogen) atoms. The minimum Gasteiger partial charge on any atom is -0.465 e. The predicted octanol–water partition coefficient (Wildman–Crippen LogP) is 1.90. The summed E-state index contributed by atoms with van der Waals surface area (Å²) in [7, 11) is 1.44. The number of halogens is 1. The van der Waals surface area contributed by atoms with Crippen LogP contribution in [-0.4, -0.2) is 54.9 Å². The van der Waals surface area contributed by atoms with Gasteiger partial charge in [0.1, 0.15) is 5.60 Å². The lowest BCUT2D eigenvalue weighted by Gasteiger charge is -2.34. The topological polar surface area (TPSA) is 101 Å². The molecular formula is C13H22ClNO6S. The highest BCUT2D eigenvalue weighted by atomic mass is 35.7. The first kappa shape index (κ1) is 19.0. The number of carboxylic acid groups (broad SMARTS) is 1. The third-order valence-corrected chi connectivity index (χ3v) is 4.60. The molecule has 0 aromatic carbocycles. The van der Waals surface area contributed by atoms with Gasteiger partial charge < -0.3 is 14.7 Å². The van der Waals surface area contributed by atoms with Crippen LogP contribution in [0.5, 0.6) is 0 Å². The summed E-state index contributed by atoms with van der Waals surface area (Å²) < 4.78 is 28.0. The molecule has 1 rings (SSSR count). The monoisotopic (exact) mass is 355 g/mol. The summed E-state index contributed by atoms with van der Waals surface area (Å²) in [5, 5.41) is 8.93. The third kappa shape index (κ3) is 6.39. The first-order valence-corrected chi connectivity index (χ1v) is 9.50. The number of rotatable bonds is 4. The van der Waals surface area contributed by atoms with Crippen LogP contribution in [0.15, 0.2) is 0 Å². The van der Waals surface area contributed by atoms with Crippen molar-refractivity contribution in [1.29, 1.82) is 0 Å². The molecule has 1 fully saturated rings. The van der Waals surface area contributed by atoms with Crippen molar-refractivity contribution in [3.63, 3.8) is 0 Å². The minimum absolute atomic E-state index is 0.265. The van der Waals surface area contributed by atoms with Gasteiger partial charge in [-0.2, -0.15) is 0 Å². The number of carbonyl (C=O) groups is 2. The lowest BCUT2D eigenvalue weighted by atomic mass is 9.85. The van der Waals surface area contributed by atoms with Gasteiger partial charge in [0, 0.05) is 23.8 Å². The summed E-state index contributed by atoms with van der Waals surface area (Å²) in [5.41, 5.74) is -0.729. The molecule has 1 heterocycles. The zero-order valence-electron chi connectivity index (χ0n) is 12.9. The molecule has 0 aromatic rings. The highest BCUT2D eigenvalue weighted by molar-refractivity contribution is 8.13. The van der Waals surface area contributed by atoms with E-state index in [1.54, 1.807) is 20.8 Å². The lowest BCUT2D eigenvalue weighted by Crippen LogP contribution is -2.43. The van der Waals surface area contributed by atoms with E-state index in [4.69, 9.17) is 20.5 Å². The summed E-state index contributed by atoms with van der Waals surface area (Å²) in [6.45, 7) is 5.63. The number of hydrogen-bond donors (Lipinski definition) is 1. The van der Waals surface area contributed by atoms with Crippen molar-refractivity contribution in [1.82, 2.24) is 4.90 Å². The maximum absolute atomic E-state index is 12.3. The van der Waals surface area contributed by atoms with Gasteiger partial charge in [0.25, 0.3) is 0 Å². The van der Waals surface area contributed by atoms with Gasteiger partial charge in [-0.15, -0.1) is 0 Å². The van der Waals surface area contributed by atoms with E-state index in [0.717, 1.165) is 0 Å². The van der Waals surface area contributed by atoms with Crippen molar-refractivity contribution >= 4 is 31.8 Å². The van der Waals surface area contributed by atoms with E-state index in [0.29, 0.717) is 12.8 Å². The van der Waals surface area contributed by atoms with E-state index in [-0.39, 0.29) is 19.0 Å². The molecule has 7 nitrogen and oxygen atoms in total.